The number of aromatic amines is 1. The van der Waals surface area contributed by atoms with Gasteiger partial charge < -0.3 is 14.6 Å². The third-order valence-electron chi connectivity index (χ3n) is 4.61. The largest absolute Gasteiger partial charge is 0.384 e. The Hall–Kier alpha value is -2.13. The lowest BCUT2D eigenvalue weighted by Crippen LogP contribution is -2.27. The van der Waals surface area contributed by atoms with Crippen LogP contribution in [0.25, 0.3) is 11.0 Å². The number of nitriles is 1. The highest BCUT2D eigenvalue weighted by Gasteiger charge is 2.60. The zero-order valence-electron chi connectivity index (χ0n) is 11.3. The molecule has 4 rings (SSSR count). The lowest BCUT2D eigenvalue weighted by molar-refractivity contribution is 0.144. The van der Waals surface area contributed by atoms with Gasteiger partial charge in [-0.1, -0.05) is 0 Å². The van der Waals surface area contributed by atoms with E-state index in [1.54, 1.807) is 19.6 Å². The molecule has 2 unspecified atom stereocenters. The number of nitrogens with zero attached hydrogens (tertiary/aromatic N) is 4. The fourth-order valence-electron chi connectivity index (χ4n) is 3.54. The molecule has 1 saturated heterocycles. The molecule has 20 heavy (non-hydrogen) atoms. The Labute approximate surface area is 116 Å². The molecule has 1 saturated carbocycles. The van der Waals surface area contributed by atoms with Gasteiger partial charge >= 0.3 is 0 Å². The molecular formula is C14H15N5O. The van der Waals surface area contributed by atoms with E-state index in [0.29, 0.717) is 16.9 Å². The highest BCUT2D eigenvalue weighted by Crippen LogP contribution is 2.58. The van der Waals surface area contributed by atoms with Crippen LogP contribution in [0.4, 0.5) is 5.82 Å². The lowest BCUT2D eigenvalue weighted by Gasteiger charge is -2.22. The van der Waals surface area contributed by atoms with E-state index in [-0.39, 0.29) is 0 Å². The van der Waals surface area contributed by atoms with Crippen LogP contribution in [0.5, 0.6) is 0 Å². The highest BCUT2D eigenvalue weighted by molar-refractivity contribution is 5.93. The number of hydrogen-bond acceptors (Lipinski definition) is 5. The van der Waals surface area contributed by atoms with Crippen LogP contribution in [0, 0.1) is 22.7 Å². The van der Waals surface area contributed by atoms with E-state index in [0.717, 1.165) is 36.5 Å². The molecule has 1 aliphatic carbocycles. The molecule has 102 valence electrons. The van der Waals surface area contributed by atoms with Gasteiger partial charge in [-0.15, -0.1) is 0 Å². The fraction of sp³-hybridized carbons (Fsp3) is 0.500. The van der Waals surface area contributed by atoms with E-state index in [1.165, 1.54) is 6.42 Å². The monoisotopic (exact) mass is 269 g/mol. The van der Waals surface area contributed by atoms with E-state index in [2.05, 4.69) is 25.9 Å². The third-order valence-corrected chi connectivity index (χ3v) is 4.61. The van der Waals surface area contributed by atoms with Crippen molar-refractivity contribution in [2.75, 3.05) is 31.7 Å². The molecule has 2 atom stereocenters. The number of rotatable bonds is 3. The molecule has 2 fully saturated rings. The van der Waals surface area contributed by atoms with Gasteiger partial charge in [0.1, 0.15) is 23.9 Å². The normalized spacial score (nSPS) is 27.6. The van der Waals surface area contributed by atoms with Crippen LogP contribution < -0.4 is 4.90 Å². The summed E-state index contributed by atoms with van der Waals surface area (Å²) in [5.74, 6) is 1.56. The van der Waals surface area contributed by atoms with Crippen LogP contribution in [0.1, 0.15) is 12.0 Å². The number of piperidine rings is 1. The summed E-state index contributed by atoms with van der Waals surface area (Å²) in [6.45, 7) is 2.75. The molecule has 1 N–H and O–H groups in total. The Kier molecular flexibility index (Phi) is 2.30. The Morgan fingerprint density at radius 3 is 3.30 bits per heavy atom. The molecule has 0 aromatic carbocycles. The topological polar surface area (TPSA) is 77.8 Å². The third kappa shape index (κ3) is 1.47. The number of methoxy groups -OCH3 is 1. The van der Waals surface area contributed by atoms with Crippen molar-refractivity contribution in [1.29, 1.82) is 5.26 Å². The van der Waals surface area contributed by atoms with Crippen molar-refractivity contribution in [2.45, 2.75) is 6.42 Å². The van der Waals surface area contributed by atoms with Gasteiger partial charge in [-0.25, -0.2) is 9.97 Å². The second-order valence-corrected chi connectivity index (χ2v) is 5.81. The first-order valence-electron chi connectivity index (χ1n) is 6.73. The van der Waals surface area contributed by atoms with Crippen LogP contribution in [0.15, 0.2) is 12.5 Å². The molecule has 6 heteroatoms. The minimum atomic E-state index is 0.301. The Morgan fingerprint density at radius 1 is 1.60 bits per heavy atom. The van der Waals surface area contributed by atoms with Crippen molar-refractivity contribution in [1.82, 2.24) is 15.0 Å². The van der Waals surface area contributed by atoms with E-state index in [4.69, 9.17) is 4.74 Å². The van der Waals surface area contributed by atoms with Crippen LogP contribution in [0.3, 0.4) is 0 Å². The van der Waals surface area contributed by atoms with Crippen molar-refractivity contribution in [3.8, 4) is 6.07 Å². The second-order valence-electron chi connectivity index (χ2n) is 5.81. The maximum atomic E-state index is 9.22. The molecule has 0 bridgehead atoms. The van der Waals surface area contributed by atoms with Crippen molar-refractivity contribution < 1.29 is 4.74 Å². The molecule has 0 amide bonds. The number of anilines is 1. The molecule has 2 aromatic rings. The summed E-state index contributed by atoms with van der Waals surface area (Å²) >= 11 is 0. The Bertz CT molecular complexity index is 718. The van der Waals surface area contributed by atoms with Gasteiger partial charge in [0.15, 0.2) is 0 Å². The zero-order valence-corrected chi connectivity index (χ0v) is 11.3. The van der Waals surface area contributed by atoms with Gasteiger partial charge in [-0.05, 0) is 12.3 Å². The number of fused-ring (bicyclic) bond motifs is 2. The molecule has 2 aliphatic rings. The highest BCUT2D eigenvalue weighted by atomic mass is 16.5. The Balaban J connectivity index is 1.74. The SMILES string of the molecule is COCC12CC1CN(c1ncnc3[nH]cc(C#N)c13)C2. The molecule has 6 nitrogen and oxygen atoms in total. The average molecular weight is 269 g/mol. The van der Waals surface area contributed by atoms with E-state index < -0.39 is 0 Å². The van der Waals surface area contributed by atoms with E-state index >= 15 is 0 Å². The summed E-state index contributed by atoms with van der Waals surface area (Å²) < 4.78 is 5.35. The van der Waals surface area contributed by atoms with Gasteiger partial charge in [0.25, 0.3) is 0 Å². The van der Waals surface area contributed by atoms with Crippen LogP contribution in [0.2, 0.25) is 0 Å². The van der Waals surface area contributed by atoms with E-state index in [9.17, 15) is 5.26 Å². The van der Waals surface area contributed by atoms with Crippen molar-refractivity contribution in [3.05, 3.63) is 18.1 Å². The molecule has 1 aliphatic heterocycles. The second kappa shape index (κ2) is 3.93. The molecule has 0 spiro atoms. The first-order valence-corrected chi connectivity index (χ1v) is 6.73. The number of nitrogens with one attached hydrogen (secondary N) is 1. The van der Waals surface area contributed by atoms with Crippen LogP contribution in [-0.4, -0.2) is 41.8 Å². The van der Waals surface area contributed by atoms with Gasteiger partial charge in [0.05, 0.1) is 17.6 Å². The van der Waals surface area contributed by atoms with Gasteiger partial charge in [-0.2, -0.15) is 5.26 Å². The first-order chi connectivity index (χ1) is 9.77. The number of ether oxygens (including phenoxy) is 1. The predicted molar refractivity (Wildman–Crippen MR) is 73.2 cm³/mol. The summed E-state index contributed by atoms with van der Waals surface area (Å²) in [5, 5.41) is 10.1. The number of aromatic nitrogens is 3. The summed E-state index contributed by atoms with van der Waals surface area (Å²) in [7, 11) is 1.76. The molecule has 3 heterocycles. The summed E-state index contributed by atoms with van der Waals surface area (Å²) in [5.41, 5.74) is 1.64. The van der Waals surface area contributed by atoms with Gasteiger partial charge in [0.2, 0.25) is 0 Å². The van der Waals surface area contributed by atoms with Crippen molar-refractivity contribution in [3.63, 3.8) is 0 Å². The Morgan fingerprint density at radius 2 is 2.50 bits per heavy atom. The summed E-state index contributed by atoms with van der Waals surface area (Å²) in [6.07, 6.45) is 4.50. The number of H-pyrrole nitrogens is 1. The maximum Gasteiger partial charge on any atom is 0.144 e. The summed E-state index contributed by atoms with van der Waals surface area (Å²) in [4.78, 5) is 13.9. The molecule has 0 radical (unpaired) electrons. The fourth-order valence-corrected chi connectivity index (χ4v) is 3.54. The van der Waals surface area contributed by atoms with E-state index in [1.807, 2.05) is 0 Å². The van der Waals surface area contributed by atoms with Crippen molar-refractivity contribution in [2.24, 2.45) is 11.3 Å². The van der Waals surface area contributed by atoms with Crippen LogP contribution in [-0.2, 0) is 4.74 Å². The first kappa shape index (κ1) is 11.7. The summed E-state index contributed by atoms with van der Waals surface area (Å²) in [6, 6.07) is 2.21. The quantitative estimate of drug-likeness (QED) is 0.908. The molecular weight excluding hydrogens is 254 g/mol. The predicted octanol–water partition coefficient (Wildman–Crippen LogP) is 1.30. The average Bonchev–Trinajstić information content (AvgIpc) is 2.86. The lowest BCUT2D eigenvalue weighted by atomic mass is 10.1. The van der Waals surface area contributed by atoms with Gasteiger partial charge in [-0.3, -0.25) is 0 Å². The van der Waals surface area contributed by atoms with Crippen molar-refractivity contribution >= 4 is 16.9 Å². The standard InChI is InChI=1S/C14H15N5O/c1-20-7-14-2-10(14)5-19(6-14)13-11-9(3-15)4-16-12(11)17-8-18-13/h4,8,10H,2,5-7H2,1H3,(H,16,17,18). The number of hydrogen-bond donors (Lipinski definition) is 1. The van der Waals surface area contributed by atoms with Crippen LogP contribution >= 0.6 is 0 Å². The van der Waals surface area contributed by atoms with Gasteiger partial charge in [0, 0.05) is 31.8 Å². The smallest absolute Gasteiger partial charge is 0.144 e. The zero-order chi connectivity index (χ0) is 13.7. The molecule has 2 aromatic heterocycles. The maximum absolute atomic E-state index is 9.22. The minimum Gasteiger partial charge on any atom is -0.384 e. The minimum absolute atomic E-state index is 0.301.